The fourth-order valence-corrected chi connectivity index (χ4v) is 2.37. The number of Topliss-reactive ketones (excluding diaryl/α,β-unsaturated/α-hetero) is 1. The fourth-order valence-electron chi connectivity index (χ4n) is 2.37. The molecule has 2 rings (SSSR count). The van der Waals surface area contributed by atoms with Crippen LogP contribution in [-0.4, -0.2) is 19.0 Å². The summed E-state index contributed by atoms with van der Waals surface area (Å²) in [6.07, 6.45) is 1.56. The molecular weight excluding hydrogens is 200 g/mol. The maximum atomic E-state index is 11.1. The standard InChI is InChI=1S/C14H18O2/c1-11-5-3-4-6-13(11)14(9-16-10-14)8-7-12(2)15/h3-6H,7-10H2,1-2H3. The number of aryl methyl sites for hydroxylation is 1. The number of hydrogen-bond donors (Lipinski definition) is 0. The first kappa shape index (κ1) is 11.3. The topological polar surface area (TPSA) is 26.3 Å². The van der Waals surface area contributed by atoms with Crippen LogP contribution in [0, 0.1) is 6.92 Å². The highest BCUT2D eigenvalue weighted by atomic mass is 16.5. The van der Waals surface area contributed by atoms with Crippen molar-refractivity contribution in [2.45, 2.75) is 32.1 Å². The molecule has 0 atom stereocenters. The average molecular weight is 218 g/mol. The van der Waals surface area contributed by atoms with Crippen molar-refractivity contribution in [3.8, 4) is 0 Å². The molecule has 1 aliphatic rings. The first-order valence-corrected chi connectivity index (χ1v) is 5.77. The van der Waals surface area contributed by atoms with Gasteiger partial charge in [0, 0.05) is 11.8 Å². The maximum Gasteiger partial charge on any atom is 0.129 e. The zero-order valence-corrected chi connectivity index (χ0v) is 9.95. The van der Waals surface area contributed by atoms with E-state index < -0.39 is 0 Å². The monoisotopic (exact) mass is 218 g/mol. The third-order valence-electron chi connectivity index (χ3n) is 3.43. The van der Waals surface area contributed by atoms with Crippen LogP contribution in [0.5, 0.6) is 0 Å². The van der Waals surface area contributed by atoms with Crippen LogP contribution in [0.4, 0.5) is 0 Å². The second-order valence-electron chi connectivity index (χ2n) is 4.79. The number of rotatable bonds is 4. The van der Waals surface area contributed by atoms with E-state index in [4.69, 9.17) is 4.74 Å². The third-order valence-corrected chi connectivity index (χ3v) is 3.43. The van der Waals surface area contributed by atoms with Crippen LogP contribution in [-0.2, 0) is 14.9 Å². The zero-order valence-electron chi connectivity index (χ0n) is 9.95. The quantitative estimate of drug-likeness (QED) is 0.776. The van der Waals surface area contributed by atoms with Gasteiger partial charge in [-0.2, -0.15) is 0 Å². The van der Waals surface area contributed by atoms with E-state index in [1.54, 1.807) is 6.92 Å². The lowest BCUT2D eigenvalue weighted by Crippen LogP contribution is -2.47. The summed E-state index contributed by atoms with van der Waals surface area (Å²) in [6, 6.07) is 8.41. The molecule has 86 valence electrons. The van der Waals surface area contributed by atoms with Crippen molar-refractivity contribution in [3.05, 3.63) is 35.4 Å². The summed E-state index contributed by atoms with van der Waals surface area (Å²) in [6.45, 7) is 5.30. The predicted molar refractivity (Wildman–Crippen MR) is 63.6 cm³/mol. The Morgan fingerprint density at radius 1 is 1.38 bits per heavy atom. The van der Waals surface area contributed by atoms with Gasteiger partial charge in [-0.05, 0) is 31.4 Å². The van der Waals surface area contributed by atoms with Crippen molar-refractivity contribution >= 4 is 5.78 Å². The van der Waals surface area contributed by atoms with Gasteiger partial charge >= 0.3 is 0 Å². The van der Waals surface area contributed by atoms with Gasteiger partial charge in [0.15, 0.2) is 0 Å². The molecule has 0 saturated carbocycles. The first-order valence-electron chi connectivity index (χ1n) is 5.77. The summed E-state index contributed by atoms with van der Waals surface area (Å²) in [5.41, 5.74) is 2.74. The van der Waals surface area contributed by atoms with Crippen LogP contribution >= 0.6 is 0 Å². The van der Waals surface area contributed by atoms with Gasteiger partial charge in [0.05, 0.1) is 13.2 Å². The van der Waals surface area contributed by atoms with Gasteiger partial charge < -0.3 is 9.53 Å². The summed E-state index contributed by atoms with van der Waals surface area (Å²) in [7, 11) is 0. The van der Waals surface area contributed by atoms with E-state index in [1.807, 2.05) is 0 Å². The van der Waals surface area contributed by atoms with Gasteiger partial charge in [0.2, 0.25) is 0 Å². The Balaban J connectivity index is 2.21. The van der Waals surface area contributed by atoms with E-state index in [1.165, 1.54) is 11.1 Å². The smallest absolute Gasteiger partial charge is 0.129 e. The van der Waals surface area contributed by atoms with Crippen molar-refractivity contribution in [3.63, 3.8) is 0 Å². The minimum atomic E-state index is 0.0943. The number of ether oxygens (including phenoxy) is 1. The molecular formula is C14H18O2. The van der Waals surface area contributed by atoms with Crippen molar-refractivity contribution < 1.29 is 9.53 Å². The molecule has 0 spiro atoms. The van der Waals surface area contributed by atoms with Gasteiger partial charge in [-0.15, -0.1) is 0 Å². The SMILES string of the molecule is CC(=O)CCC1(c2ccccc2C)COC1. The van der Waals surface area contributed by atoms with Crippen molar-refractivity contribution in [1.29, 1.82) is 0 Å². The second-order valence-corrected chi connectivity index (χ2v) is 4.79. The molecule has 1 aromatic rings. The predicted octanol–water partition coefficient (Wildman–Crippen LogP) is 2.63. The van der Waals surface area contributed by atoms with E-state index in [0.717, 1.165) is 19.6 Å². The molecule has 0 amide bonds. The molecule has 0 aliphatic carbocycles. The van der Waals surface area contributed by atoms with E-state index in [9.17, 15) is 4.79 Å². The average Bonchev–Trinajstić information content (AvgIpc) is 2.18. The van der Waals surface area contributed by atoms with Crippen LogP contribution in [0.15, 0.2) is 24.3 Å². The van der Waals surface area contributed by atoms with E-state index >= 15 is 0 Å². The zero-order chi connectivity index (χ0) is 11.6. The molecule has 0 radical (unpaired) electrons. The molecule has 0 aromatic heterocycles. The minimum absolute atomic E-state index is 0.0943. The highest BCUT2D eigenvalue weighted by Gasteiger charge is 2.40. The number of carbonyl (C=O) groups excluding carboxylic acids is 1. The van der Waals surface area contributed by atoms with Crippen molar-refractivity contribution in [2.75, 3.05) is 13.2 Å². The van der Waals surface area contributed by atoms with Gasteiger partial charge in [-0.25, -0.2) is 0 Å². The minimum Gasteiger partial charge on any atom is -0.379 e. The van der Waals surface area contributed by atoms with E-state index in [-0.39, 0.29) is 11.2 Å². The van der Waals surface area contributed by atoms with E-state index in [2.05, 4.69) is 31.2 Å². The summed E-state index contributed by atoms with van der Waals surface area (Å²) < 4.78 is 5.37. The summed E-state index contributed by atoms with van der Waals surface area (Å²) in [4.78, 5) is 11.1. The van der Waals surface area contributed by atoms with E-state index in [0.29, 0.717) is 6.42 Å². The largest absolute Gasteiger partial charge is 0.379 e. The summed E-state index contributed by atoms with van der Waals surface area (Å²) in [5.74, 6) is 0.264. The van der Waals surface area contributed by atoms with Gasteiger partial charge in [0.25, 0.3) is 0 Å². The number of carbonyl (C=O) groups is 1. The van der Waals surface area contributed by atoms with Crippen LogP contribution in [0.25, 0.3) is 0 Å². The van der Waals surface area contributed by atoms with Crippen molar-refractivity contribution in [2.24, 2.45) is 0 Å². The number of benzene rings is 1. The lowest BCUT2D eigenvalue weighted by Gasteiger charge is -2.43. The van der Waals surface area contributed by atoms with Crippen LogP contribution in [0.1, 0.15) is 30.9 Å². The molecule has 1 heterocycles. The summed E-state index contributed by atoms with van der Waals surface area (Å²) in [5, 5.41) is 0. The first-order chi connectivity index (χ1) is 7.64. The molecule has 1 aromatic carbocycles. The normalized spacial score (nSPS) is 17.9. The molecule has 2 nitrogen and oxygen atoms in total. The Hall–Kier alpha value is -1.15. The van der Waals surface area contributed by atoms with Gasteiger partial charge in [-0.1, -0.05) is 24.3 Å². The molecule has 0 unspecified atom stereocenters. The van der Waals surface area contributed by atoms with Crippen LogP contribution in [0.3, 0.4) is 0 Å². The third kappa shape index (κ3) is 2.03. The Bertz CT molecular complexity index is 391. The van der Waals surface area contributed by atoms with Gasteiger partial charge in [-0.3, -0.25) is 0 Å². The fraction of sp³-hybridized carbons (Fsp3) is 0.500. The number of hydrogen-bond acceptors (Lipinski definition) is 2. The lowest BCUT2D eigenvalue weighted by molar-refractivity contribution is -0.119. The van der Waals surface area contributed by atoms with Crippen LogP contribution < -0.4 is 0 Å². The molecule has 1 saturated heterocycles. The second kappa shape index (κ2) is 4.38. The summed E-state index contributed by atoms with van der Waals surface area (Å²) >= 11 is 0. The maximum absolute atomic E-state index is 11.1. The Labute approximate surface area is 96.6 Å². The molecule has 1 fully saturated rings. The van der Waals surface area contributed by atoms with Crippen LogP contribution in [0.2, 0.25) is 0 Å². The molecule has 16 heavy (non-hydrogen) atoms. The molecule has 2 heteroatoms. The van der Waals surface area contributed by atoms with Crippen molar-refractivity contribution in [1.82, 2.24) is 0 Å². The number of ketones is 1. The molecule has 1 aliphatic heterocycles. The lowest BCUT2D eigenvalue weighted by atomic mass is 9.73. The highest BCUT2D eigenvalue weighted by Crippen LogP contribution is 2.38. The molecule has 0 N–H and O–H groups in total. The molecule has 0 bridgehead atoms. The highest BCUT2D eigenvalue weighted by molar-refractivity contribution is 5.75. The Morgan fingerprint density at radius 3 is 2.56 bits per heavy atom. The van der Waals surface area contributed by atoms with Gasteiger partial charge in [0.1, 0.15) is 5.78 Å². The Kier molecular flexibility index (Phi) is 3.10. The Morgan fingerprint density at radius 2 is 2.06 bits per heavy atom.